The molecule has 0 radical (unpaired) electrons. The van der Waals surface area contributed by atoms with Crippen molar-refractivity contribution in [3.05, 3.63) is 46.7 Å². The summed E-state index contributed by atoms with van der Waals surface area (Å²) in [5.74, 6) is 2.36. The second kappa shape index (κ2) is 11.3. The molecule has 0 spiro atoms. The first-order valence-corrected chi connectivity index (χ1v) is 14.1. The van der Waals surface area contributed by atoms with Gasteiger partial charge in [-0.3, -0.25) is 0 Å². The topological polar surface area (TPSA) is 85.8 Å². The SMILES string of the molecule is COc1cc2c(Nc3ccc(Cl)c(Cl)c3)ncnc2cc1OCC[C@H]1C[C@H]2CC[C@@H](C1)N2C(=O)OC(C)(C)C. The van der Waals surface area contributed by atoms with Crippen LogP contribution in [-0.4, -0.2) is 52.4 Å². The standard InChI is InChI=1S/C29H34Cl2N4O4/c1-29(2,3)39-28(36)35-19-6-7-20(35)12-17(11-19)9-10-38-26-15-24-21(14-25(26)37-4)27(33-16-32-24)34-18-5-8-22(30)23(31)13-18/h5,8,13-17,19-20H,6-7,9-12H2,1-4H3,(H,32,33,34)/t17-,19+,20-. The lowest BCUT2D eigenvalue weighted by molar-refractivity contribution is 0.000959. The fourth-order valence-corrected chi connectivity index (χ4v) is 5.92. The Morgan fingerprint density at radius 1 is 1.05 bits per heavy atom. The zero-order valence-electron chi connectivity index (χ0n) is 22.7. The summed E-state index contributed by atoms with van der Waals surface area (Å²) in [5.41, 5.74) is 1.01. The minimum Gasteiger partial charge on any atom is -0.493 e. The normalized spacial score (nSPS) is 20.7. The maximum atomic E-state index is 12.8. The summed E-state index contributed by atoms with van der Waals surface area (Å²) in [6.45, 7) is 6.29. The third kappa shape index (κ3) is 6.28. The highest BCUT2D eigenvalue weighted by molar-refractivity contribution is 6.42. The molecular weight excluding hydrogens is 539 g/mol. The Hall–Kier alpha value is -2.97. The van der Waals surface area contributed by atoms with E-state index in [9.17, 15) is 4.79 Å². The summed E-state index contributed by atoms with van der Waals surface area (Å²) in [7, 11) is 1.62. The van der Waals surface area contributed by atoms with E-state index in [1.54, 1.807) is 19.2 Å². The van der Waals surface area contributed by atoms with Gasteiger partial charge in [0.05, 0.1) is 29.3 Å². The maximum absolute atomic E-state index is 12.8. The Morgan fingerprint density at radius 3 is 2.46 bits per heavy atom. The number of nitrogens with one attached hydrogen (secondary N) is 1. The van der Waals surface area contributed by atoms with Gasteiger partial charge in [-0.2, -0.15) is 0 Å². The molecule has 5 rings (SSSR count). The zero-order chi connectivity index (χ0) is 27.7. The van der Waals surface area contributed by atoms with E-state index in [0.717, 1.165) is 48.7 Å². The number of fused-ring (bicyclic) bond motifs is 3. The number of halogens is 2. The predicted molar refractivity (Wildman–Crippen MR) is 154 cm³/mol. The molecule has 1 N–H and O–H groups in total. The quantitative estimate of drug-likeness (QED) is 0.311. The van der Waals surface area contributed by atoms with Crippen LogP contribution in [0.2, 0.25) is 10.0 Å². The number of carbonyl (C=O) groups is 1. The van der Waals surface area contributed by atoms with E-state index in [1.807, 2.05) is 43.9 Å². The summed E-state index contributed by atoms with van der Waals surface area (Å²) in [5, 5.41) is 5.01. The van der Waals surface area contributed by atoms with Crippen molar-refractivity contribution in [3.8, 4) is 11.5 Å². The lowest BCUT2D eigenvalue weighted by atomic mass is 9.88. The molecular formula is C29H34Cl2N4O4. The van der Waals surface area contributed by atoms with E-state index in [1.165, 1.54) is 6.33 Å². The van der Waals surface area contributed by atoms with E-state index in [-0.39, 0.29) is 18.2 Å². The maximum Gasteiger partial charge on any atom is 0.410 e. The predicted octanol–water partition coefficient (Wildman–Crippen LogP) is 7.64. The van der Waals surface area contributed by atoms with Crippen molar-refractivity contribution in [1.82, 2.24) is 14.9 Å². The van der Waals surface area contributed by atoms with Gasteiger partial charge < -0.3 is 24.4 Å². The number of hydrogen-bond donors (Lipinski definition) is 1. The number of ether oxygens (including phenoxy) is 3. The third-order valence-electron chi connectivity index (χ3n) is 7.32. The molecule has 1 amide bonds. The Labute approximate surface area is 238 Å². The van der Waals surface area contributed by atoms with Gasteiger partial charge in [-0.05, 0) is 83.1 Å². The van der Waals surface area contributed by atoms with Crippen LogP contribution in [0.4, 0.5) is 16.3 Å². The highest BCUT2D eigenvalue weighted by Crippen LogP contribution is 2.41. The van der Waals surface area contributed by atoms with Crippen molar-refractivity contribution in [2.75, 3.05) is 19.0 Å². The molecule has 2 aliphatic rings. The van der Waals surface area contributed by atoms with Crippen molar-refractivity contribution in [2.24, 2.45) is 5.92 Å². The molecule has 0 unspecified atom stereocenters. The second-order valence-corrected chi connectivity index (χ2v) is 12.1. The van der Waals surface area contributed by atoms with Crippen LogP contribution < -0.4 is 14.8 Å². The number of aromatic nitrogens is 2. The molecule has 2 aromatic carbocycles. The van der Waals surface area contributed by atoms with E-state index in [2.05, 4.69) is 15.3 Å². The fraction of sp³-hybridized carbons (Fsp3) is 0.483. The van der Waals surface area contributed by atoms with Crippen molar-refractivity contribution in [1.29, 1.82) is 0 Å². The molecule has 39 heavy (non-hydrogen) atoms. The van der Waals surface area contributed by atoms with Gasteiger partial charge in [0.2, 0.25) is 0 Å². The van der Waals surface area contributed by atoms with Crippen LogP contribution in [-0.2, 0) is 4.74 Å². The smallest absolute Gasteiger partial charge is 0.410 e. The van der Waals surface area contributed by atoms with Crippen molar-refractivity contribution in [2.45, 2.75) is 70.6 Å². The molecule has 3 atom stereocenters. The largest absolute Gasteiger partial charge is 0.493 e. The Balaban J connectivity index is 1.23. The lowest BCUT2D eigenvalue weighted by Gasteiger charge is -2.39. The Morgan fingerprint density at radius 2 is 1.79 bits per heavy atom. The van der Waals surface area contributed by atoms with Gasteiger partial charge in [-0.15, -0.1) is 0 Å². The lowest BCUT2D eigenvalue weighted by Crippen LogP contribution is -2.48. The monoisotopic (exact) mass is 572 g/mol. The fourth-order valence-electron chi connectivity index (χ4n) is 5.62. The first-order valence-electron chi connectivity index (χ1n) is 13.3. The second-order valence-electron chi connectivity index (χ2n) is 11.2. The molecule has 3 aromatic rings. The Kier molecular flexibility index (Phi) is 7.96. The molecule has 2 bridgehead atoms. The van der Waals surface area contributed by atoms with Crippen LogP contribution in [0.1, 0.15) is 52.9 Å². The van der Waals surface area contributed by atoms with Gasteiger partial charge >= 0.3 is 6.09 Å². The number of methoxy groups -OCH3 is 1. The number of nitrogens with zero attached hydrogens (tertiary/aromatic N) is 3. The number of anilines is 2. The summed E-state index contributed by atoms with van der Waals surface area (Å²) >= 11 is 12.2. The zero-order valence-corrected chi connectivity index (χ0v) is 24.2. The number of carbonyl (C=O) groups excluding carboxylic acids is 1. The van der Waals surface area contributed by atoms with Gasteiger partial charge in [0.15, 0.2) is 11.5 Å². The number of hydrogen-bond acceptors (Lipinski definition) is 7. The third-order valence-corrected chi connectivity index (χ3v) is 8.06. The summed E-state index contributed by atoms with van der Waals surface area (Å²) in [4.78, 5) is 23.6. The number of piperidine rings is 1. The molecule has 1 aromatic heterocycles. The molecule has 10 heteroatoms. The number of amides is 1. The van der Waals surface area contributed by atoms with E-state index in [4.69, 9.17) is 37.4 Å². The van der Waals surface area contributed by atoms with E-state index in [0.29, 0.717) is 39.9 Å². The van der Waals surface area contributed by atoms with Gasteiger partial charge in [0.1, 0.15) is 17.7 Å². The minimum absolute atomic E-state index is 0.180. The highest BCUT2D eigenvalue weighted by Gasteiger charge is 2.44. The molecule has 208 valence electrons. The van der Waals surface area contributed by atoms with Gasteiger partial charge in [0.25, 0.3) is 0 Å². The van der Waals surface area contributed by atoms with Crippen LogP contribution in [0.25, 0.3) is 10.9 Å². The number of rotatable bonds is 7. The molecule has 3 heterocycles. The first kappa shape index (κ1) is 27.6. The van der Waals surface area contributed by atoms with Crippen LogP contribution in [0, 0.1) is 5.92 Å². The van der Waals surface area contributed by atoms with Gasteiger partial charge in [-0.1, -0.05) is 23.2 Å². The Bertz CT molecular complexity index is 1350. The van der Waals surface area contributed by atoms with Crippen LogP contribution >= 0.6 is 23.2 Å². The highest BCUT2D eigenvalue weighted by atomic mass is 35.5. The number of benzene rings is 2. The molecule has 0 aliphatic carbocycles. The van der Waals surface area contributed by atoms with E-state index >= 15 is 0 Å². The van der Waals surface area contributed by atoms with Crippen molar-refractivity contribution in [3.63, 3.8) is 0 Å². The first-order chi connectivity index (χ1) is 18.6. The molecule has 2 fully saturated rings. The van der Waals surface area contributed by atoms with Crippen LogP contribution in [0.15, 0.2) is 36.7 Å². The summed E-state index contributed by atoms with van der Waals surface area (Å²) < 4.78 is 17.5. The average molecular weight is 574 g/mol. The summed E-state index contributed by atoms with van der Waals surface area (Å²) in [6, 6.07) is 9.57. The van der Waals surface area contributed by atoms with Gasteiger partial charge in [-0.25, -0.2) is 14.8 Å². The van der Waals surface area contributed by atoms with Crippen molar-refractivity contribution < 1.29 is 19.0 Å². The van der Waals surface area contributed by atoms with Crippen LogP contribution in [0.5, 0.6) is 11.5 Å². The molecule has 0 saturated carbocycles. The average Bonchev–Trinajstić information content (AvgIpc) is 3.15. The molecule has 2 aliphatic heterocycles. The molecule has 8 nitrogen and oxygen atoms in total. The summed E-state index contributed by atoms with van der Waals surface area (Å²) in [6.07, 6.45) is 6.27. The minimum atomic E-state index is -0.481. The van der Waals surface area contributed by atoms with E-state index < -0.39 is 5.60 Å². The van der Waals surface area contributed by atoms with Crippen molar-refractivity contribution >= 4 is 51.7 Å². The van der Waals surface area contributed by atoms with Gasteiger partial charge in [0, 0.05) is 29.2 Å². The van der Waals surface area contributed by atoms with Crippen LogP contribution in [0.3, 0.4) is 0 Å². The molecule has 2 saturated heterocycles.